The van der Waals surface area contributed by atoms with Crippen molar-refractivity contribution in [3.8, 4) is 0 Å². The van der Waals surface area contributed by atoms with Gasteiger partial charge in [0, 0.05) is 12.1 Å². The fraction of sp³-hybridized carbons (Fsp3) is 0.294. The Hall–Kier alpha value is -3.30. The lowest BCUT2D eigenvalue weighted by Gasteiger charge is -2.11. The molecule has 0 saturated carbocycles. The van der Waals surface area contributed by atoms with Crippen molar-refractivity contribution in [1.82, 2.24) is 8.61 Å². The monoisotopic (exact) mass is 598 g/mol. The number of hydrogen-bond acceptors (Lipinski definition) is 4. The summed E-state index contributed by atoms with van der Waals surface area (Å²) in [7, 11) is -6.75. The van der Waals surface area contributed by atoms with E-state index in [-0.39, 0.29) is 24.2 Å². The Kier molecular flexibility index (Phi) is 6.66. The van der Waals surface area contributed by atoms with Crippen LogP contribution in [0.4, 0.5) is 0 Å². The lowest BCUT2D eigenvalue weighted by atomic mass is 9.92. The van der Waals surface area contributed by atoms with Gasteiger partial charge in [-0.25, -0.2) is 16.8 Å². The summed E-state index contributed by atoms with van der Waals surface area (Å²) in [5.41, 5.74) is 7.10. The Labute approximate surface area is 248 Å². The summed E-state index contributed by atoms with van der Waals surface area (Å²) in [5.74, 6) is 0. The van der Waals surface area contributed by atoms with Crippen LogP contribution in [0.15, 0.2) is 107 Å². The van der Waals surface area contributed by atoms with Crippen LogP contribution in [-0.4, -0.2) is 37.5 Å². The largest absolute Gasteiger partial charge is 0.244 e. The van der Waals surface area contributed by atoms with Crippen molar-refractivity contribution in [1.29, 1.82) is 0 Å². The molecule has 4 aliphatic rings. The fourth-order valence-corrected chi connectivity index (χ4v) is 10.4. The fourth-order valence-electron chi connectivity index (χ4n) is 6.80. The predicted octanol–water partition coefficient (Wildman–Crippen LogP) is 6.11. The summed E-state index contributed by atoms with van der Waals surface area (Å²) in [6, 6.07) is 31.0. The van der Waals surface area contributed by atoms with Gasteiger partial charge in [0.2, 0.25) is 20.0 Å². The molecule has 2 saturated heterocycles. The number of sulfonamides is 2. The third-order valence-electron chi connectivity index (χ3n) is 9.11. The second-order valence-electron chi connectivity index (χ2n) is 11.8. The van der Waals surface area contributed by atoms with Crippen LogP contribution < -0.4 is 0 Å². The zero-order valence-electron chi connectivity index (χ0n) is 23.7. The van der Waals surface area contributed by atoms with Gasteiger partial charge in [0.05, 0.1) is 21.9 Å². The first-order valence-corrected chi connectivity index (χ1v) is 17.4. The van der Waals surface area contributed by atoms with Gasteiger partial charge in [-0.1, -0.05) is 83.9 Å². The van der Waals surface area contributed by atoms with Crippen molar-refractivity contribution in [2.75, 3.05) is 0 Å². The molecular formula is C34H34N2O4S2. The summed E-state index contributed by atoms with van der Waals surface area (Å²) in [6.07, 6.45) is 3.79. The van der Waals surface area contributed by atoms with E-state index in [0.717, 1.165) is 36.8 Å². The topological polar surface area (TPSA) is 74.3 Å². The number of rotatable bonds is 4. The van der Waals surface area contributed by atoms with E-state index in [1.807, 2.05) is 62.4 Å². The van der Waals surface area contributed by atoms with Crippen molar-refractivity contribution in [3.63, 3.8) is 0 Å². The van der Waals surface area contributed by atoms with Crippen LogP contribution in [-0.2, 0) is 32.9 Å². The minimum Gasteiger partial charge on any atom is -0.207 e. The average molecular weight is 599 g/mol. The Morgan fingerprint density at radius 1 is 0.524 bits per heavy atom. The molecule has 0 radical (unpaired) electrons. The molecule has 8 rings (SSSR count). The summed E-state index contributed by atoms with van der Waals surface area (Å²) in [4.78, 5) is 0.806. The number of fused-ring (bicyclic) bond motifs is 6. The minimum atomic E-state index is -3.37. The van der Waals surface area contributed by atoms with Gasteiger partial charge in [-0.15, -0.1) is 0 Å². The molecule has 0 spiro atoms. The van der Waals surface area contributed by atoms with Gasteiger partial charge in [-0.3, -0.25) is 0 Å². The van der Waals surface area contributed by atoms with Gasteiger partial charge in [0.25, 0.3) is 0 Å². The highest BCUT2D eigenvalue weighted by Gasteiger charge is 2.58. The molecule has 4 aromatic rings. The van der Waals surface area contributed by atoms with Crippen molar-refractivity contribution >= 4 is 20.0 Å². The third-order valence-corrected chi connectivity index (χ3v) is 13.0. The van der Waals surface area contributed by atoms with Crippen molar-refractivity contribution < 1.29 is 16.8 Å². The molecule has 0 bridgehead atoms. The summed E-state index contributed by atoms with van der Waals surface area (Å²) < 4.78 is 54.6. The Morgan fingerprint density at radius 3 is 1.26 bits per heavy atom. The van der Waals surface area contributed by atoms with Crippen LogP contribution in [0, 0.1) is 13.8 Å². The van der Waals surface area contributed by atoms with Gasteiger partial charge >= 0.3 is 0 Å². The van der Waals surface area contributed by atoms with E-state index in [4.69, 9.17) is 0 Å². The van der Waals surface area contributed by atoms with Crippen molar-refractivity contribution in [2.24, 2.45) is 0 Å². The highest BCUT2D eigenvalue weighted by Crippen LogP contribution is 2.54. The number of aryl methyl sites for hydroxylation is 4. The zero-order chi connectivity index (χ0) is 29.2. The van der Waals surface area contributed by atoms with Crippen LogP contribution in [0.5, 0.6) is 0 Å². The van der Waals surface area contributed by atoms with Gasteiger partial charge < -0.3 is 0 Å². The van der Waals surface area contributed by atoms with E-state index in [0.29, 0.717) is 9.79 Å². The summed E-state index contributed by atoms with van der Waals surface area (Å²) >= 11 is 0. The van der Waals surface area contributed by atoms with Gasteiger partial charge in [-0.05, 0) is 86.1 Å². The minimum absolute atomic E-state index is 0.0428. The normalized spacial score (nSPS) is 26.8. The van der Waals surface area contributed by atoms with Gasteiger partial charge in [0.15, 0.2) is 0 Å². The smallest absolute Gasteiger partial charge is 0.207 e. The molecule has 2 aliphatic carbocycles. The van der Waals surface area contributed by atoms with Crippen LogP contribution >= 0.6 is 0 Å². The van der Waals surface area contributed by atoms with Crippen LogP contribution in [0.3, 0.4) is 0 Å². The lowest BCUT2D eigenvalue weighted by Crippen LogP contribution is -2.14. The van der Waals surface area contributed by atoms with Crippen molar-refractivity contribution in [3.05, 3.63) is 130 Å². The van der Waals surface area contributed by atoms with E-state index in [2.05, 4.69) is 24.3 Å². The maximum absolute atomic E-state index is 12.8. The molecule has 6 atom stereocenters. The maximum Gasteiger partial charge on any atom is 0.244 e. The SMILES string of the molecule is Cc1ccc(S(=O)(=O)N2[C@@H]3CCc4ccccc4[C@@H]32)cc1.Cc1ccc(S(=O)(=O)N2[C@@H]3c4ccccc4CC[C@@H]32)cc1. The zero-order valence-corrected chi connectivity index (χ0v) is 25.4. The second kappa shape index (κ2) is 10.2. The van der Waals surface area contributed by atoms with Gasteiger partial charge in [-0.2, -0.15) is 8.61 Å². The Bertz CT molecular complexity index is 1730. The quantitative estimate of drug-likeness (QED) is 0.266. The standard InChI is InChI=1S/2C17H17NO2S/c2*1-12-6-9-14(10-7-12)21(19,20)18-16-11-8-13-4-2-3-5-15(13)17(16)18/h2*2-7,9-10,16-17H,8,11H2,1H3/t2*16-,17+,18?/m10/s1. The van der Waals surface area contributed by atoms with E-state index in [1.165, 1.54) is 22.3 Å². The van der Waals surface area contributed by atoms with E-state index in [9.17, 15) is 16.8 Å². The summed E-state index contributed by atoms with van der Waals surface area (Å²) in [6.45, 7) is 3.92. The van der Waals surface area contributed by atoms with E-state index in [1.54, 1.807) is 32.9 Å². The second-order valence-corrected chi connectivity index (χ2v) is 15.5. The molecule has 2 heterocycles. The molecule has 6 nitrogen and oxygen atoms in total. The Morgan fingerprint density at radius 2 is 0.881 bits per heavy atom. The first-order chi connectivity index (χ1) is 20.2. The molecule has 4 aromatic carbocycles. The molecule has 0 N–H and O–H groups in total. The molecular weight excluding hydrogens is 565 g/mol. The molecule has 2 unspecified atom stereocenters. The molecule has 216 valence electrons. The van der Waals surface area contributed by atoms with Crippen LogP contribution in [0.1, 0.15) is 58.3 Å². The molecule has 2 fully saturated rings. The first kappa shape index (κ1) is 27.5. The number of nitrogens with zero attached hydrogens (tertiary/aromatic N) is 2. The third kappa shape index (κ3) is 4.61. The van der Waals surface area contributed by atoms with Crippen LogP contribution in [0.2, 0.25) is 0 Å². The van der Waals surface area contributed by atoms with Crippen LogP contribution in [0.25, 0.3) is 0 Å². The number of benzene rings is 4. The molecule has 42 heavy (non-hydrogen) atoms. The number of hydrogen-bond donors (Lipinski definition) is 0. The van der Waals surface area contributed by atoms with E-state index >= 15 is 0 Å². The molecule has 0 amide bonds. The maximum atomic E-state index is 12.8. The molecule has 2 aliphatic heterocycles. The van der Waals surface area contributed by atoms with Crippen molar-refractivity contribution in [2.45, 2.75) is 73.5 Å². The molecule has 8 heteroatoms. The highest BCUT2D eigenvalue weighted by molar-refractivity contribution is 7.89. The van der Waals surface area contributed by atoms with E-state index < -0.39 is 20.0 Å². The summed E-state index contributed by atoms with van der Waals surface area (Å²) in [5, 5.41) is 0. The molecule has 0 aromatic heterocycles. The predicted molar refractivity (Wildman–Crippen MR) is 163 cm³/mol. The Balaban J connectivity index is 0.000000137. The average Bonchev–Trinajstić information content (AvgIpc) is 3.91. The highest BCUT2D eigenvalue weighted by atomic mass is 32.2. The van der Waals surface area contributed by atoms with Gasteiger partial charge in [0.1, 0.15) is 0 Å². The lowest BCUT2D eigenvalue weighted by molar-refractivity contribution is 0.543. The first-order valence-electron chi connectivity index (χ1n) is 14.5.